The van der Waals surface area contributed by atoms with Gasteiger partial charge in [0.2, 0.25) is 10.0 Å². The minimum Gasteiger partial charge on any atom is -0.488 e. The van der Waals surface area contributed by atoms with Crippen LogP contribution in [0.3, 0.4) is 0 Å². The largest absolute Gasteiger partial charge is 0.488 e. The van der Waals surface area contributed by atoms with Crippen LogP contribution in [0, 0.1) is 6.92 Å². The van der Waals surface area contributed by atoms with Gasteiger partial charge in [0.25, 0.3) is 0 Å². The lowest BCUT2D eigenvalue weighted by molar-refractivity contribution is 0.262. The van der Waals surface area contributed by atoms with Crippen LogP contribution in [0.1, 0.15) is 37.6 Å². The SMILES string of the molecule is Cc1ccc(-n2nc(C(C)(C)C)cc2NC(=O)Nc2ccc(OCc3ccnc(NS(C)(=O)=O)c3)c3ccccc23)cc1. The maximum Gasteiger partial charge on any atom is 0.324 e. The van der Waals surface area contributed by atoms with E-state index in [2.05, 4.69) is 41.1 Å². The highest BCUT2D eigenvalue weighted by Gasteiger charge is 2.22. The second kappa shape index (κ2) is 11.8. The summed E-state index contributed by atoms with van der Waals surface area (Å²) in [5, 5.41) is 12.4. The number of amides is 2. The van der Waals surface area contributed by atoms with E-state index >= 15 is 0 Å². The van der Waals surface area contributed by atoms with Crippen LogP contribution >= 0.6 is 0 Å². The van der Waals surface area contributed by atoms with E-state index in [4.69, 9.17) is 9.84 Å². The van der Waals surface area contributed by atoms with Crippen LogP contribution in [-0.2, 0) is 22.0 Å². The third-order valence-electron chi connectivity index (χ3n) is 6.64. The first-order chi connectivity index (χ1) is 20.4. The van der Waals surface area contributed by atoms with Crippen LogP contribution in [0.5, 0.6) is 5.75 Å². The Hall–Kier alpha value is -4.90. The van der Waals surface area contributed by atoms with Gasteiger partial charge >= 0.3 is 6.03 Å². The summed E-state index contributed by atoms with van der Waals surface area (Å²) in [6, 6.07) is 24.0. The second-order valence-electron chi connectivity index (χ2n) is 11.4. The summed E-state index contributed by atoms with van der Waals surface area (Å²) < 4.78 is 33.3. The fraction of sp³-hybridized carbons (Fsp3) is 0.219. The Bertz CT molecular complexity index is 1890. The van der Waals surface area contributed by atoms with E-state index < -0.39 is 16.1 Å². The molecular formula is C32H34N6O4S. The zero-order valence-electron chi connectivity index (χ0n) is 24.7. The number of anilines is 3. The van der Waals surface area contributed by atoms with Gasteiger partial charge in [-0.25, -0.2) is 22.9 Å². The average Bonchev–Trinajstić information content (AvgIpc) is 3.36. The number of nitrogens with one attached hydrogen (secondary N) is 3. The summed E-state index contributed by atoms with van der Waals surface area (Å²) in [5.41, 5.74) is 3.97. The van der Waals surface area contributed by atoms with Crippen molar-refractivity contribution in [1.82, 2.24) is 14.8 Å². The first-order valence-corrected chi connectivity index (χ1v) is 15.6. The van der Waals surface area contributed by atoms with E-state index in [1.54, 1.807) is 28.9 Å². The van der Waals surface area contributed by atoms with Gasteiger partial charge in [-0.1, -0.05) is 62.7 Å². The van der Waals surface area contributed by atoms with Crippen molar-refractivity contribution in [3.05, 3.63) is 102 Å². The Kier molecular flexibility index (Phi) is 8.10. The average molecular weight is 599 g/mol. The molecule has 0 radical (unpaired) electrons. The van der Waals surface area contributed by atoms with Crippen molar-refractivity contribution in [1.29, 1.82) is 0 Å². The fourth-order valence-corrected chi connectivity index (χ4v) is 4.96. The predicted molar refractivity (Wildman–Crippen MR) is 171 cm³/mol. The molecule has 3 aromatic carbocycles. The molecule has 0 saturated carbocycles. The smallest absolute Gasteiger partial charge is 0.324 e. The number of hydrogen-bond donors (Lipinski definition) is 3. The van der Waals surface area contributed by atoms with E-state index in [1.165, 1.54) is 6.20 Å². The van der Waals surface area contributed by atoms with Crippen LogP contribution in [0.4, 0.5) is 22.1 Å². The third-order valence-corrected chi connectivity index (χ3v) is 7.22. The van der Waals surface area contributed by atoms with Gasteiger partial charge in [-0.3, -0.25) is 10.0 Å². The van der Waals surface area contributed by atoms with Crippen molar-refractivity contribution in [3.8, 4) is 11.4 Å². The Morgan fingerprint density at radius 3 is 2.35 bits per heavy atom. The van der Waals surface area contributed by atoms with E-state index in [0.29, 0.717) is 17.3 Å². The number of fused-ring (bicyclic) bond motifs is 1. The van der Waals surface area contributed by atoms with Crippen molar-refractivity contribution in [2.75, 3.05) is 21.6 Å². The van der Waals surface area contributed by atoms with Crippen LogP contribution in [0.15, 0.2) is 85.1 Å². The Balaban J connectivity index is 1.36. The highest BCUT2D eigenvalue weighted by atomic mass is 32.2. The molecule has 43 heavy (non-hydrogen) atoms. The van der Waals surface area contributed by atoms with Gasteiger partial charge in [0.15, 0.2) is 0 Å². The van der Waals surface area contributed by atoms with Crippen LogP contribution in [0.2, 0.25) is 0 Å². The van der Waals surface area contributed by atoms with E-state index in [9.17, 15) is 13.2 Å². The molecule has 3 N–H and O–H groups in total. The summed E-state index contributed by atoms with van der Waals surface area (Å²) in [7, 11) is -3.45. The van der Waals surface area contributed by atoms with Gasteiger partial charge in [-0.15, -0.1) is 0 Å². The zero-order valence-corrected chi connectivity index (χ0v) is 25.5. The number of aryl methyl sites for hydroxylation is 1. The van der Waals surface area contributed by atoms with Gasteiger partial charge < -0.3 is 10.1 Å². The second-order valence-corrected chi connectivity index (χ2v) is 13.1. The molecule has 0 saturated heterocycles. The molecule has 5 rings (SSSR count). The molecule has 0 unspecified atom stereocenters. The summed E-state index contributed by atoms with van der Waals surface area (Å²) in [6.45, 7) is 8.45. The molecule has 222 valence electrons. The fourth-order valence-electron chi connectivity index (χ4n) is 4.47. The molecule has 0 aliphatic rings. The van der Waals surface area contributed by atoms with Crippen LogP contribution in [-0.4, -0.2) is 35.5 Å². The Morgan fingerprint density at radius 2 is 1.65 bits per heavy atom. The maximum atomic E-state index is 13.3. The van der Waals surface area contributed by atoms with E-state index in [0.717, 1.165) is 39.5 Å². The summed E-state index contributed by atoms with van der Waals surface area (Å²) in [5.74, 6) is 1.39. The minimum absolute atomic E-state index is 0.192. The quantitative estimate of drug-likeness (QED) is 0.184. The molecular weight excluding hydrogens is 564 g/mol. The number of urea groups is 1. The number of pyridine rings is 1. The lowest BCUT2D eigenvalue weighted by atomic mass is 9.92. The number of rotatable bonds is 8. The first-order valence-electron chi connectivity index (χ1n) is 13.7. The number of ether oxygens (including phenoxy) is 1. The number of benzene rings is 3. The highest BCUT2D eigenvalue weighted by molar-refractivity contribution is 7.92. The molecule has 5 aromatic rings. The first kappa shape index (κ1) is 29.6. The summed E-state index contributed by atoms with van der Waals surface area (Å²) in [4.78, 5) is 17.3. The molecule has 2 aromatic heterocycles. The third kappa shape index (κ3) is 7.31. The predicted octanol–water partition coefficient (Wildman–Crippen LogP) is 6.62. The van der Waals surface area contributed by atoms with Gasteiger partial charge in [-0.2, -0.15) is 5.10 Å². The molecule has 10 nitrogen and oxygen atoms in total. The standard InChI is InChI=1S/C32H34N6O4S/c1-21-10-12-23(13-11-21)38-30(19-28(36-38)32(2,3)4)35-31(39)34-26-14-15-27(25-9-7-6-8-24(25)26)42-20-22-16-17-33-29(18-22)37-43(5,40)41/h6-19H,20H2,1-5H3,(H,33,37)(H2,34,35,39). The van der Waals surface area contributed by atoms with Gasteiger partial charge in [0.1, 0.15) is 24.0 Å². The van der Waals surface area contributed by atoms with Gasteiger partial charge in [0, 0.05) is 28.5 Å². The number of sulfonamides is 1. The van der Waals surface area contributed by atoms with Crippen molar-refractivity contribution in [3.63, 3.8) is 0 Å². The minimum atomic E-state index is -3.45. The number of carbonyl (C=O) groups is 1. The van der Waals surface area contributed by atoms with Gasteiger partial charge in [-0.05, 0) is 48.9 Å². The van der Waals surface area contributed by atoms with Crippen molar-refractivity contribution in [2.24, 2.45) is 0 Å². The van der Waals surface area contributed by atoms with Gasteiger partial charge in [0.05, 0.1) is 23.3 Å². The lowest BCUT2D eigenvalue weighted by Crippen LogP contribution is -2.21. The van der Waals surface area contributed by atoms with Crippen molar-refractivity contribution >= 4 is 44.1 Å². The molecule has 0 spiro atoms. The Morgan fingerprint density at radius 1 is 0.930 bits per heavy atom. The summed E-state index contributed by atoms with van der Waals surface area (Å²) in [6.07, 6.45) is 2.59. The van der Waals surface area contributed by atoms with Crippen molar-refractivity contribution in [2.45, 2.75) is 39.7 Å². The van der Waals surface area contributed by atoms with E-state index in [1.807, 2.05) is 61.5 Å². The topological polar surface area (TPSA) is 127 Å². The number of nitrogens with zero attached hydrogens (tertiary/aromatic N) is 3. The molecule has 0 atom stereocenters. The van der Waals surface area contributed by atoms with Crippen LogP contribution in [0.25, 0.3) is 16.5 Å². The Labute approximate surface area is 251 Å². The van der Waals surface area contributed by atoms with E-state index in [-0.39, 0.29) is 17.8 Å². The monoisotopic (exact) mass is 598 g/mol. The molecule has 0 bridgehead atoms. The molecule has 2 amide bonds. The number of aromatic nitrogens is 3. The molecule has 2 heterocycles. The lowest BCUT2D eigenvalue weighted by Gasteiger charge is -2.15. The summed E-state index contributed by atoms with van der Waals surface area (Å²) >= 11 is 0. The molecule has 0 fully saturated rings. The molecule has 0 aliphatic carbocycles. The number of carbonyl (C=O) groups excluding carboxylic acids is 1. The highest BCUT2D eigenvalue weighted by Crippen LogP contribution is 2.33. The zero-order chi connectivity index (χ0) is 30.8. The van der Waals surface area contributed by atoms with Crippen LogP contribution < -0.4 is 20.1 Å². The molecule has 11 heteroatoms. The normalized spacial score (nSPS) is 11.7. The number of hydrogen-bond acceptors (Lipinski definition) is 6. The molecule has 0 aliphatic heterocycles. The van der Waals surface area contributed by atoms with Crippen molar-refractivity contribution < 1.29 is 17.9 Å². The maximum absolute atomic E-state index is 13.3.